The summed E-state index contributed by atoms with van der Waals surface area (Å²) in [5, 5.41) is 4.77. The summed E-state index contributed by atoms with van der Waals surface area (Å²) in [4.78, 5) is 31.5. The summed E-state index contributed by atoms with van der Waals surface area (Å²) in [6.07, 6.45) is 7.36. The molecule has 0 radical (unpaired) electrons. The lowest BCUT2D eigenvalue weighted by molar-refractivity contribution is 0.0655. The average molecular weight is 425 g/mol. The van der Waals surface area contributed by atoms with E-state index in [2.05, 4.69) is 19.9 Å². The molecular weight excluding hydrogens is 406 g/mol. The molecule has 158 valence electrons. The number of pyridine rings is 2. The van der Waals surface area contributed by atoms with Crippen molar-refractivity contribution >= 4 is 11.4 Å². The van der Waals surface area contributed by atoms with Crippen molar-refractivity contribution in [3.63, 3.8) is 0 Å². The first kappa shape index (κ1) is 18.5. The zero-order valence-electron chi connectivity index (χ0n) is 17.3. The summed E-state index contributed by atoms with van der Waals surface area (Å²) in [6.45, 7) is 2.55. The predicted molar refractivity (Wildman–Crippen MR) is 115 cm³/mol. The van der Waals surface area contributed by atoms with E-state index in [1.165, 1.54) is 6.20 Å². The van der Waals surface area contributed by atoms with Gasteiger partial charge in [0.15, 0.2) is 0 Å². The van der Waals surface area contributed by atoms with Crippen LogP contribution >= 0.6 is 0 Å². The largest absolute Gasteiger partial charge is 0.429 e. The van der Waals surface area contributed by atoms with Crippen LogP contribution in [0.1, 0.15) is 39.2 Å². The Hall–Kier alpha value is -4.27. The van der Waals surface area contributed by atoms with Gasteiger partial charge in [-0.3, -0.25) is 9.78 Å². The predicted octanol–water partition coefficient (Wildman–Crippen LogP) is 3.20. The molecule has 9 heteroatoms. The normalized spacial score (nSPS) is 15.8. The highest BCUT2D eigenvalue weighted by Gasteiger charge is 2.37. The number of nitrogens with zero attached hydrogens (tertiary/aromatic N) is 6. The molecule has 1 aliphatic rings. The molecule has 1 atom stereocenters. The Morgan fingerprint density at radius 3 is 2.97 bits per heavy atom. The highest BCUT2D eigenvalue weighted by atomic mass is 16.4. The van der Waals surface area contributed by atoms with E-state index >= 15 is 0 Å². The minimum atomic E-state index is -0.430. The number of rotatable bonds is 3. The Labute approximate surface area is 182 Å². The fourth-order valence-corrected chi connectivity index (χ4v) is 4.23. The van der Waals surface area contributed by atoms with Crippen molar-refractivity contribution in [1.29, 1.82) is 0 Å². The van der Waals surface area contributed by atoms with Gasteiger partial charge < -0.3 is 14.3 Å². The van der Waals surface area contributed by atoms with Crippen molar-refractivity contribution < 1.29 is 9.21 Å². The average Bonchev–Trinajstić information content (AvgIpc) is 3.58. The first-order chi connectivity index (χ1) is 15.7. The molecule has 32 heavy (non-hydrogen) atoms. The van der Waals surface area contributed by atoms with Gasteiger partial charge in [-0.25, -0.2) is 14.5 Å². The molecule has 9 nitrogen and oxygen atoms in total. The van der Waals surface area contributed by atoms with Crippen LogP contribution in [0.3, 0.4) is 0 Å². The third-order valence-electron chi connectivity index (χ3n) is 5.80. The topological polar surface area (TPSA) is 105 Å². The van der Waals surface area contributed by atoms with Crippen LogP contribution in [0.4, 0.5) is 0 Å². The van der Waals surface area contributed by atoms with Gasteiger partial charge in [-0.1, -0.05) is 12.1 Å². The van der Waals surface area contributed by atoms with E-state index in [1.54, 1.807) is 23.5 Å². The Balaban J connectivity index is 1.41. The zero-order valence-corrected chi connectivity index (χ0v) is 17.3. The van der Waals surface area contributed by atoms with E-state index in [0.717, 1.165) is 28.2 Å². The fraction of sp³-hybridized carbons (Fsp3) is 0.174. The molecule has 0 aliphatic carbocycles. The number of oxazole rings is 1. The van der Waals surface area contributed by atoms with Gasteiger partial charge in [-0.2, -0.15) is 5.10 Å². The molecular formula is C23H19N7O2. The summed E-state index contributed by atoms with van der Waals surface area (Å²) in [5.41, 5.74) is 5.25. The van der Waals surface area contributed by atoms with E-state index in [4.69, 9.17) is 9.52 Å². The molecule has 6 rings (SSSR count). The number of hydrogen-bond acceptors (Lipinski definition) is 6. The molecule has 0 unspecified atom stereocenters. The third kappa shape index (κ3) is 2.89. The van der Waals surface area contributed by atoms with Crippen molar-refractivity contribution in [2.24, 2.45) is 0 Å². The smallest absolute Gasteiger partial charge is 0.292 e. The molecule has 0 aromatic carbocycles. The number of carbonyl (C=O) groups is 1. The highest BCUT2D eigenvalue weighted by Crippen LogP contribution is 2.35. The van der Waals surface area contributed by atoms with Crippen molar-refractivity contribution in [1.82, 2.24) is 34.4 Å². The van der Waals surface area contributed by atoms with E-state index in [0.29, 0.717) is 24.6 Å². The Morgan fingerprint density at radius 1 is 1.19 bits per heavy atom. The van der Waals surface area contributed by atoms with Gasteiger partial charge in [0.05, 0.1) is 29.4 Å². The van der Waals surface area contributed by atoms with Crippen molar-refractivity contribution in [2.75, 3.05) is 6.54 Å². The molecule has 6 heterocycles. The quantitative estimate of drug-likeness (QED) is 0.476. The maximum absolute atomic E-state index is 13.5. The second-order valence-electron chi connectivity index (χ2n) is 7.75. The first-order valence-electron chi connectivity index (χ1n) is 10.3. The molecule has 1 N–H and O–H groups in total. The molecule has 5 aromatic heterocycles. The van der Waals surface area contributed by atoms with E-state index in [-0.39, 0.29) is 11.7 Å². The zero-order chi connectivity index (χ0) is 21.7. The summed E-state index contributed by atoms with van der Waals surface area (Å²) in [6, 6.07) is 11.0. The molecule has 0 fully saturated rings. The Kier molecular flexibility index (Phi) is 4.14. The molecule has 1 aliphatic heterocycles. The Morgan fingerprint density at radius 2 is 2.12 bits per heavy atom. The lowest BCUT2D eigenvalue weighted by Gasteiger charge is -2.33. The summed E-state index contributed by atoms with van der Waals surface area (Å²) in [5.74, 6) is 0.216. The number of aryl methyl sites for hydroxylation is 1. The second-order valence-corrected chi connectivity index (χ2v) is 7.75. The van der Waals surface area contributed by atoms with Crippen LogP contribution in [0.15, 0.2) is 65.7 Å². The molecule has 0 spiro atoms. The van der Waals surface area contributed by atoms with Gasteiger partial charge in [0.25, 0.3) is 5.91 Å². The van der Waals surface area contributed by atoms with E-state index in [9.17, 15) is 4.79 Å². The van der Waals surface area contributed by atoms with Crippen LogP contribution in [-0.4, -0.2) is 46.9 Å². The van der Waals surface area contributed by atoms with Crippen LogP contribution < -0.4 is 0 Å². The number of aromatic nitrogens is 6. The lowest BCUT2D eigenvalue weighted by atomic mass is 9.99. The summed E-state index contributed by atoms with van der Waals surface area (Å²) >= 11 is 0. The number of hydrogen-bond donors (Lipinski definition) is 1. The number of nitrogens with one attached hydrogen (secondary N) is 1. The van der Waals surface area contributed by atoms with Gasteiger partial charge in [-0.15, -0.1) is 0 Å². The highest BCUT2D eigenvalue weighted by molar-refractivity contribution is 5.92. The molecule has 5 aromatic rings. The van der Waals surface area contributed by atoms with Gasteiger partial charge in [0.2, 0.25) is 11.7 Å². The first-order valence-corrected chi connectivity index (χ1v) is 10.3. The van der Waals surface area contributed by atoms with Gasteiger partial charge in [-0.05, 0) is 36.8 Å². The number of aromatic amines is 1. The van der Waals surface area contributed by atoms with Gasteiger partial charge in [0.1, 0.15) is 11.7 Å². The maximum atomic E-state index is 13.5. The molecule has 0 saturated carbocycles. The number of amides is 1. The van der Waals surface area contributed by atoms with Crippen molar-refractivity contribution in [3.8, 4) is 11.6 Å². The van der Waals surface area contributed by atoms with Crippen LogP contribution in [-0.2, 0) is 6.42 Å². The number of imidazole rings is 1. The second kappa shape index (κ2) is 7.16. The number of carbonyl (C=O) groups excluding carboxylic acids is 1. The lowest BCUT2D eigenvalue weighted by Crippen LogP contribution is -2.40. The van der Waals surface area contributed by atoms with E-state index < -0.39 is 6.04 Å². The van der Waals surface area contributed by atoms with Crippen LogP contribution in [0.2, 0.25) is 0 Å². The van der Waals surface area contributed by atoms with Crippen LogP contribution in [0, 0.1) is 6.92 Å². The van der Waals surface area contributed by atoms with Gasteiger partial charge >= 0.3 is 0 Å². The molecule has 0 bridgehead atoms. The number of H-pyrrole nitrogens is 1. The third-order valence-corrected chi connectivity index (χ3v) is 5.80. The fourth-order valence-electron chi connectivity index (χ4n) is 4.23. The maximum Gasteiger partial charge on any atom is 0.292 e. The molecule has 0 saturated heterocycles. The molecule has 1 amide bonds. The minimum Gasteiger partial charge on any atom is -0.429 e. The van der Waals surface area contributed by atoms with Gasteiger partial charge in [0, 0.05) is 31.1 Å². The Bertz CT molecular complexity index is 1430. The minimum absolute atomic E-state index is 0.162. The summed E-state index contributed by atoms with van der Waals surface area (Å²) < 4.78 is 7.63. The SMILES string of the molecule is Cc1cccn2nc([C@@H]3c4nc[nH]c4CCN3C(=O)c3cnc(-c4ccccn4)o3)cc12. The summed E-state index contributed by atoms with van der Waals surface area (Å²) in [7, 11) is 0. The van der Waals surface area contributed by atoms with Crippen molar-refractivity contribution in [2.45, 2.75) is 19.4 Å². The standard InChI is InChI=1S/C23H19N7O2/c1-14-5-4-9-30-18(14)11-17(28-30)21-20-15(26-13-27-20)7-10-29(21)23(31)19-12-25-22(32-19)16-6-2-3-8-24-16/h2-6,8-9,11-13,21H,7,10H2,1H3,(H,26,27)/t21-/m1/s1. The van der Waals surface area contributed by atoms with Crippen molar-refractivity contribution in [3.05, 3.63) is 89.7 Å². The monoisotopic (exact) mass is 425 g/mol. The number of fused-ring (bicyclic) bond motifs is 2. The van der Waals surface area contributed by atoms with E-state index in [1.807, 2.05) is 48.0 Å². The van der Waals surface area contributed by atoms with Crippen LogP contribution in [0.5, 0.6) is 0 Å². The van der Waals surface area contributed by atoms with Crippen LogP contribution in [0.25, 0.3) is 17.1 Å².